The molecule has 1 N–H and O–H groups in total. The van der Waals surface area contributed by atoms with Crippen LogP contribution in [0.3, 0.4) is 0 Å². The molecule has 1 rings (SSSR count). The van der Waals surface area contributed by atoms with E-state index in [1.807, 2.05) is 6.92 Å². The highest BCUT2D eigenvalue weighted by atomic mass is 16.5. The van der Waals surface area contributed by atoms with Crippen molar-refractivity contribution in [2.75, 3.05) is 38.3 Å². The standard InChI is InChI=1S/C14H28N4O2/c1-6-7-15-12(4)13-16-17-14(20-13)18(8-9-19-5)10-11(2)3/h11-12,15H,6-10H2,1-5H3. The predicted molar refractivity (Wildman–Crippen MR) is 79.9 cm³/mol. The molecule has 116 valence electrons. The van der Waals surface area contributed by atoms with Crippen LogP contribution in [0.2, 0.25) is 0 Å². The van der Waals surface area contributed by atoms with Gasteiger partial charge in [0.2, 0.25) is 5.89 Å². The summed E-state index contributed by atoms with van der Waals surface area (Å²) >= 11 is 0. The van der Waals surface area contributed by atoms with E-state index in [-0.39, 0.29) is 6.04 Å². The Kier molecular flexibility index (Phi) is 7.54. The summed E-state index contributed by atoms with van der Waals surface area (Å²) in [5, 5.41) is 11.7. The van der Waals surface area contributed by atoms with Crippen molar-refractivity contribution in [1.82, 2.24) is 15.5 Å². The third kappa shape index (κ3) is 5.46. The summed E-state index contributed by atoms with van der Waals surface area (Å²) in [6.07, 6.45) is 1.08. The molecule has 0 saturated heterocycles. The monoisotopic (exact) mass is 284 g/mol. The van der Waals surface area contributed by atoms with Crippen LogP contribution in [0.5, 0.6) is 0 Å². The maximum Gasteiger partial charge on any atom is 0.318 e. The Balaban J connectivity index is 2.68. The number of aromatic nitrogens is 2. The van der Waals surface area contributed by atoms with Crippen LogP contribution in [0, 0.1) is 5.92 Å². The molecule has 0 radical (unpaired) electrons. The van der Waals surface area contributed by atoms with E-state index in [0.29, 0.717) is 24.4 Å². The van der Waals surface area contributed by atoms with Crippen molar-refractivity contribution in [1.29, 1.82) is 0 Å². The lowest BCUT2D eigenvalue weighted by Gasteiger charge is -2.21. The zero-order valence-corrected chi connectivity index (χ0v) is 13.3. The van der Waals surface area contributed by atoms with Crippen LogP contribution in [0.25, 0.3) is 0 Å². The van der Waals surface area contributed by atoms with Gasteiger partial charge in [0.25, 0.3) is 0 Å². The van der Waals surface area contributed by atoms with Gasteiger partial charge in [-0.25, -0.2) is 0 Å². The molecule has 6 nitrogen and oxygen atoms in total. The van der Waals surface area contributed by atoms with Crippen LogP contribution in [0.4, 0.5) is 6.01 Å². The molecule has 0 aliphatic heterocycles. The van der Waals surface area contributed by atoms with Crippen LogP contribution < -0.4 is 10.2 Å². The van der Waals surface area contributed by atoms with E-state index in [1.54, 1.807) is 7.11 Å². The van der Waals surface area contributed by atoms with Crippen molar-refractivity contribution in [3.8, 4) is 0 Å². The zero-order valence-electron chi connectivity index (χ0n) is 13.3. The minimum Gasteiger partial charge on any atom is -0.406 e. The molecular weight excluding hydrogens is 256 g/mol. The van der Waals surface area contributed by atoms with E-state index in [1.165, 1.54) is 0 Å². The molecule has 0 aliphatic rings. The maximum atomic E-state index is 5.79. The van der Waals surface area contributed by atoms with Crippen LogP contribution in [-0.4, -0.2) is 43.5 Å². The van der Waals surface area contributed by atoms with Crippen molar-refractivity contribution >= 4 is 6.01 Å². The Bertz CT molecular complexity index is 368. The molecule has 1 atom stereocenters. The van der Waals surface area contributed by atoms with Gasteiger partial charge in [-0.2, -0.15) is 0 Å². The van der Waals surface area contributed by atoms with Gasteiger partial charge in [0.1, 0.15) is 0 Å². The Morgan fingerprint density at radius 2 is 2.05 bits per heavy atom. The first-order valence-electron chi connectivity index (χ1n) is 7.39. The van der Waals surface area contributed by atoms with Gasteiger partial charge in [-0.1, -0.05) is 25.9 Å². The Labute approximate surface area is 121 Å². The van der Waals surface area contributed by atoms with Gasteiger partial charge in [-0.3, -0.25) is 0 Å². The van der Waals surface area contributed by atoms with Crippen molar-refractivity contribution in [3.63, 3.8) is 0 Å². The van der Waals surface area contributed by atoms with Gasteiger partial charge in [-0.15, -0.1) is 5.10 Å². The van der Waals surface area contributed by atoms with Crippen LogP contribution in [-0.2, 0) is 4.74 Å². The van der Waals surface area contributed by atoms with Gasteiger partial charge >= 0.3 is 6.01 Å². The van der Waals surface area contributed by atoms with Gasteiger partial charge in [0.15, 0.2) is 0 Å². The minimum atomic E-state index is 0.0829. The van der Waals surface area contributed by atoms with Crippen LogP contribution in [0.1, 0.15) is 46.0 Å². The van der Waals surface area contributed by atoms with Gasteiger partial charge in [0.05, 0.1) is 12.6 Å². The normalized spacial score (nSPS) is 12.9. The van der Waals surface area contributed by atoms with Crippen molar-refractivity contribution in [3.05, 3.63) is 5.89 Å². The fraction of sp³-hybridized carbons (Fsp3) is 0.857. The summed E-state index contributed by atoms with van der Waals surface area (Å²) in [6.45, 7) is 11.7. The largest absolute Gasteiger partial charge is 0.406 e. The minimum absolute atomic E-state index is 0.0829. The summed E-state index contributed by atoms with van der Waals surface area (Å²) in [5.74, 6) is 1.16. The second kappa shape index (κ2) is 8.92. The van der Waals surface area contributed by atoms with E-state index >= 15 is 0 Å². The summed E-state index contributed by atoms with van der Waals surface area (Å²) in [6, 6.07) is 0.662. The summed E-state index contributed by atoms with van der Waals surface area (Å²) in [5.41, 5.74) is 0. The molecule has 0 spiro atoms. The highest BCUT2D eigenvalue weighted by molar-refractivity contribution is 5.24. The first-order valence-corrected chi connectivity index (χ1v) is 7.39. The van der Waals surface area contributed by atoms with E-state index < -0.39 is 0 Å². The highest BCUT2D eigenvalue weighted by Gasteiger charge is 2.18. The number of hydrogen-bond donors (Lipinski definition) is 1. The Hall–Kier alpha value is -1.14. The van der Waals surface area contributed by atoms with Crippen molar-refractivity contribution in [2.24, 2.45) is 5.92 Å². The Morgan fingerprint density at radius 1 is 1.30 bits per heavy atom. The Morgan fingerprint density at radius 3 is 2.65 bits per heavy atom. The first-order chi connectivity index (χ1) is 9.58. The number of anilines is 1. The van der Waals surface area contributed by atoms with Crippen LogP contribution in [0.15, 0.2) is 4.42 Å². The summed E-state index contributed by atoms with van der Waals surface area (Å²) < 4.78 is 10.9. The smallest absolute Gasteiger partial charge is 0.318 e. The fourth-order valence-electron chi connectivity index (χ4n) is 1.88. The molecule has 6 heteroatoms. The molecule has 1 aromatic heterocycles. The quantitative estimate of drug-likeness (QED) is 0.711. The average Bonchev–Trinajstić information content (AvgIpc) is 2.90. The molecular formula is C14H28N4O2. The van der Waals surface area contributed by atoms with E-state index in [2.05, 4.69) is 41.2 Å². The van der Waals surface area contributed by atoms with Crippen molar-refractivity contribution < 1.29 is 9.15 Å². The second-order valence-corrected chi connectivity index (χ2v) is 5.43. The lowest BCUT2D eigenvalue weighted by Crippen LogP contribution is -2.31. The third-order valence-corrected chi connectivity index (χ3v) is 2.92. The first kappa shape index (κ1) is 16.9. The highest BCUT2D eigenvalue weighted by Crippen LogP contribution is 2.18. The van der Waals surface area contributed by atoms with Crippen LogP contribution >= 0.6 is 0 Å². The summed E-state index contributed by atoms with van der Waals surface area (Å²) in [7, 11) is 1.70. The maximum absolute atomic E-state index is 5.79. The fourth-order valence-corrected chi connectivity index (χ4v) is 1.88. The van der Waals surface area contributed by atoms with E-state index in [4.69, 9.17) is 9.15 Å². The molecule has 0 aliphatic carbocycles. The van der Waals surface area contributed by atoms with Gasteiger partial charge in [-0.05, 0) is 25.8 Å². The molecule has 1 unspecified atom stereocenters. The average molecular weight is 284 g/mol. The molecule has 1 aromatic rings. The second-order valence-electron chi connectivity index (χ2n) is 5.43. The number of ether oxygens (including phenoxy) is 1. The predicted octanol–water partition coefficient (Wildman–Crippen LogP) is 2.24. The van der Waals surface area contributed by atoms with Gasteiger partial charge < -0.3 is 19.4 Å². The molecule has 20 heavy (non-hydrogen) atoms. The lowest BCUT2D eigenvalue weighted by molar-refractivity contribution is 0.203. The zero-order chi connectivity index (χ0) is 15.0. The number of hydrogen-bond acceptors (Lipinski definition) is 6. The molecule has 0 bridgehead atoms. The topological polar surface area (TPSA) is 63.4 Å². The number of nitrogens with one attached hydrogen (secondary N) is 1. The SMILES string of the molecule is CCCNC(C)c1nnc(N(CCOC)CC(C)C)o1. The molecule has 0 aromatic carbocycles. The molecule has 0 fully saturated rings. The number of methoxy groups -OCH3 is 1. The number of nitrogens with zero attached hydrogens (tertiary/aromatic N) is 3. The van der Waals surface area contributed by atoms with Gasteiger partial charge in [0, 0.05) is 20.2 Å². The third-order valence-electron chi connectivity index (χ3n) is 2.92. The molecule has 0 saturated carbocycles. The molecule has 1 heterocycles. The van der Waals surface area contributed by atoms with Crippen molar-refractivity contribution in [2.45, 2.75) is 40.2 Å². The number of rotatable bonds is 10. The molecule has 0 amide bonds. The van der Waals surface area contributed by atoms with E-state index in [9.17, 15) is 0 Å². The lowest BCUT2D eigenvalue weighted by atomic mass is 10.2. The van der Waals surface area contributed by atoms with E-state index in [0.717, 1.165) is 26.1 Å². The summed E-state index contributed by atoms with van der Waals surface area (Å²) in [4.78, 5) is 2.08.